The fraction of sp³-hybridized carbons (Fsp3) is 0.231. The van der Waals surface area contributed by atoms with Gasteiger partial charge in [-0.3, -0.25) is 0 Å². The molecule has 0 amide bonds. The largest absolute Gasteiger partial charge is 0.369 e. The minimum absolute atomic E-state index is 0.0601. The molecule has 3 aromatic rings. The Kier molecular flexibility index (Phi) is 2.95. The number of rotatable bonds is 2. The van der Waals surface area contributed by atoms with Crippen molar-refractivity contribution in [1.29, 1.82) is 0 Å². The van der Waals surface area contributed by atoms with Crippen LogP contribution in [0.4, 0.5) is 5.95 Å². The molecule has 0 aliphatic heterocycles. The quantitative estimate of drug-likeness (QED) is 0.784. The van der Waals surface area contributed by atoms with Crippen LogP contribution in [0.2, 0.25) is 5.02 Å². The number of thiazole rings is 1. The summed E-state index contributed by atoms with van der Waals surface area (Å²) in [5.74, 6) is 0.484. The van der Waals surface area contributed by atoms with Crippen molar-refractivity contribution >= 4 is 39.9 Å². The van der Waals surface area contributed by atoms with Crippen LogP contribution in [0, 0.1) is 6.92 Å². The molecule has 1 aromatic carbocycles. The molecule has 0 aliphatic rings. The lowest BCUT2D eigenvalue weighted by atomic mass is 10.3. The minimum atomic E-state index is 0.0601. The van der Waals surface area contributed by atoms with Crippen LogP contribution < -0.4 is 5.73 Å². The van der Waals surface area contributed by atoms with Crippen molar-refractivity contribution in [3.63, 3.8) is 0 Å². The zero-order chi connectivity index (χ0) is 13.6. The SMILES string of the molecule is Cc1csc(C(C)n2c(N)nc3cc(Cl)ccc32)n1. The van der Waals surface area contributed by atoms with Gasteiger partial charge < -0.3 is 10.3 Å². The molecule has 2 N–H and O–H groups in total. The van der Waals surface area contributed by atoms with E-state index in [2.05, 4.69) is 16.9 Å². The number of benzene rings is 1. The maximum absolute atomic E-state index is 6.03. The first-order valence-corrected chi connectivity index (χ1v) is 7.17. The Morgan fingerprint density at radius 1 is 1.37 bits per heavy atom. The zero-order valence-corrected chi connectivity index (χ0v) is 12.2. The summed E-state index contributed by atoms with van der Waals surface area (Å²) in [4.78, 5) is 8.88. The summed E-state index contributed by atoms with van der Waals surface area (Å²) in [6.45, 7) is 4.06. The molecule has 2 heterocycles. The summed E-state index contributed by atoms with van der Waals surface area (Å²) < 4.78 is 1.99. The molecule has 1 unspecified atom stereocenters. The van der Waals surface area contributed by atoms with Gasteiger partial charge in [-0.2, -0.15) is 0 Å². The fourth-order valence-corrected chi connectivity index (χ4v) is 3.18. The number of aromatic nitrogens is 3. The van der Waals surface area contributed by atoms with Gasteiger partial charge in [0.25, 0.3) is 0 Å². The topological polar surface area (TPSA) is 56.7 Å². The van der Waals surface area contributed by atoms with Crippen LogP contribution in [0.3, 0.4) is 0 Å². The van der Waals surface area contributed by atoms with Gasteiger partial charge in [0.15, 0.2) is 0 Å². The number of halogens is 1. The molecule has 98 valence electrons. The summed E-state index contributed by atoms with van der Waals surface area (Å²) in [5.41, 5.74) is 8.84. The van der Waals surface area contributed by atoms with E-state index in [4.69, 9.17) is 17.3 Å². The van der Waals surface area contributed by atoms with Crippen molar-refractivity contribution < 1.29 is 0 Å². The van der Waals surface area contributed by atoms with Crippen LogP contribution in [0.1, 0.15) is 23.7 Å². The first-order valence-electron chi connectivity index (χ1n) is 5.91. The van der Waals surface area contributed by atoms with Gasteiger partial charge in [0, 0.05) is 16.1 Å². The van der Waals surface area contributed by atoms with E-state index in [-0.39, 0.29) is 6.04 Å². The Bertz CT molecular complexity index is 746. The third-order valence-electron chi connectivity index (χ3n) is 3.06. The molecule has 0 radical (unpaired) electrons. The number of hydrogen-bond acceptors (Lipinski definition) is 4. The highest BCUT2D eigenvalue weighted by atomic mass is 35.5. The Morgan fingerprint density at radius 2 is 2.16 bits per heavy atom. The molecule has 1 atom stereocenters. The van der Waals surface area contributed by atoms with Crippen LogP contribution in [0.15, 0.2) is 23.6 Å². The maximum atomic E-state index is 6.03. The normalized spacial score (nSPS) is 13.0. The van der Waals surface area contributed by atoms with Crippen LogP contribution >= 0.6 is 22.9 Å². The highest BCUT2D eigenvalue weighted by Crippen LogP contribution is 2.30. The third kappa shape index (κ3) is 2.09. The molecule has 2 aromatic heterocycles. The standard InChI is InChI=1S/C13H13ClN4S/c1-7-6-19-12(16-7)8(2)18-11-4-3-9(14)5-10(11)17-13(18)15/h3-6,8H,1-2H3,(H2,15,17). The zero-order valence-electron chi connectivity index (χ0n) is 10.6. The molecular formula is C13H13ClN4S. The first kappa shape index (κ1) is 12.4. The number of anilines is 1. The summed E-state index contributed by atoms with van der Waals surface area (Å²) in [7, 11) is 0. The van der Waals surface area contributed by atoms with E-state index in [0.29, 0.717) is 11.0 Å². The summed E-state index contributed by atoms with van der Waals surface area (Å²) in [6.07, 6.45) is 0. The van der Waals surface area contributed by atoms with E-state index in [1.54, 1.807) is 11.3 Å². The summed E-state index contributed by atoms with van der Waals surface area (Å²) in [6, 6.07) is 5.67. The number of hydrogen-bond donors (Lipinski definition) is 1. The second kappa shape index (κ2) is 4.51. The molecular weight excluding hydrogens is 280 g/mol. The van der Waals surface area contributed by atoms with E-state index < -0.39 is 0 Å². The van der Waals surface area contributed by atoms with E-state index in [1.807, 2.05) is 35.1 Å². The Balaban J connectivity index is 2.16. The van der Waals surface area contributed by atoms with Crippen LogP contribution in [0.5, 0.6) is 0 Å². The third-order valence-corrected chi connectivity index (χ3v) is 4.43. The molecule has 0 spiro atoms. The lowest BCUT2D eigenvalue weighted by Gasteiger charge is -2.13. The number of imidazole rings is 1. The van der Waals surface area contributed by atoms with E-state index in [0.717, 1.165) is 21.7 Å². The molecule has 4 nitrogen and oxygen atoms in total. The number of fused-ring (bicyclic) bond motifs is 1. The Morgan fingerprint density at radius 3 is 2.84 bits per heavy atom. The predicted molar refractivity (Wildman–Crippen MR) is 79.8 cm³/mol. The van der Waals surface area contributed by atoms with Crippen LogP contribution in [-0.4, -0.2) is 14.5 Å². The Labute approximate surface area is 119 Å². The second-order valence-electron chi connectivity index (χ2n) is 4.48. The van der Waals surface area contributed by atoms with E-state index in [1.165, 1.54) is 0 Å². The fourth-order valence-electron chi connectivity index (χ4n) is 2.17. The summed E-state index contributed by atoms with van der Waals surface area (Å²) in [5, 5.41) is 3.73. The van der Waals surface area contributed by atoms with Crippen LogP contribution in [0.25, 0.3) is 11.0 Å². The number of nitrogens with zero attached hydrogens (tertiary/aromatic N) is 3. The Hall–Kier alpha value is -1.59. The van der Waals surface area contributed by atoms with Gasteiger partial charge >= 0.3 is 0 Å². The van der Waals surface area contributed by atoms with Crippen molar-refractivity contribution in [3.8, 4) is 0 Å². The molecule has 0 bridgehead atoms. The van der Waals surface area contributed by atoms with Crippen molar-refractivity contribution in [1.82, 2.24) is 14.5 Å². The lowest BCUT2D eigenvalue weighted by molar-refractivity contribution is 0.661. The number of aryl methyl sites for hydroxylation is 1. The molecule has 6 heteroatoms. The van der Waals surface area contributed by atoms with Gasteiger partial charge in [-0.1, -0.05) is 11.6 Å². The highest BCUT2D eigenvalue weighted by molar-refractivity contribution is 7.09. The van der Waals surface area contributed by atoms with Gasteiger partial charge in [0.2, 0.25) is 5.95 Å². The monoisotopic (exact) mass is 292 g/mol. The molecule has 3 rings (SSSR count). The molecule has 0 fully saturated rings. The van der Waals surface area contributed by atoms with Gasteiger partial charge in [-0.05, 0) is 32.0 Å². The average Bonchev–Trinajstić information content (AvgIpc) is 2.91. The second-order valence-corrected chi connectivity index (χ2v) is 5.80. The van der Waals surface area contributed by atoms with Crippen molar-refractivity contribution in [2.24, 2.45) is 0 Å². The van der Waals surface area contributed by atoms with Crippen molar-refractivity contribution in [3.05, 3.63) is 39.3 Å². The first-order chi connectivity index (χ1) is 9.06. The average molecular weight is 293 g/mol. The van der Waals surface area contributed by atoms with Gasteiger partial charge in [0.05, 0.1) is 17.1 Å². The lowest BCUT2D eigenvalue weighted by Crippen LogP contribution is -2.09. The van der Waals surface area contributed by atoms with Gasteiger partial charge in [0.1, 0.15) is 5.01 Å². The molecule has 0 saturated heterocycles. The highest BCUT2D eigenvalue weighted by Gasteiger charge is 2.18. The number of nitrogens with two attached hydrogens (primary N) is 1. The summed E-state index contributed by atoms with van der Waals surface area (Å²) >= 11 is 7.61. The smallest absolute Gasteiger partial charge is 0.201 e. The predicted octanol–water partition coefficient (Wildman–Crippen LogP) is 3.65. The number of nitrogen functional groups attached to an aromatic ring is 1. The van der Waals surface area contributed by atoms with Crippen LogP contribution in [-0.2, 0) is 0 Å². The molecule has 19 heavy (non-hydrogen) atoms. The van der Waals surface area contributed by atoms with Crippen molar-refractivity contribution in [2.45, 2.75) is 19.9 Å². The van der Waals surface area contributed by atoms with Gasteiger partial charge in [-0.15, -0.1) is 11.3 Å². The molecule has 0 aliphatic carbocycles. The van der Waals surface area contributed by atoms with Gasteiger partial charge in [-0.25, -0.2) is 9.97 Å². The van der Waals surface area contributed by atoms with Crippen molar-refractivity contribution in [2.75, 3.05) is 5.73 Å². The van der Waals surface area contributed by atoms with E-state index >= 15 is 0 Å². The maximum Gasteiger partial charge on any atom is 0.201 e. The minimum Gasteiger partial charge on any atom is -0.369 e. The molecule has 0 saturated carbocycles. The van der Waals surface area contributed by atoms with E-state index in [9.17, 15) is 0 Å².